The van der Waals surface area contributed by atoms with E-state index in [1.54, 1.807) is 0 Å². The Balaban J connectivity index is 1.68. The third-order valence-corrected chi connectivity index (χ3v) is 6.84. The van der Waals surface area contributed by atoms with Gasteiger partial charge in [0, 0.05) is 0 Å². The highest BCUT2D eigenvalue weighted by Crippen LogP contribution is 3.01. The molecular weight excluding hydrogens is 298 g/mol. The molecule has 100 valence electrons. The van der Waals surface area contributed by atoms with Crippen molar-refractivity contribution in [3.8, 4) is 0 Å². The number of rotatable bonds is 4. The molecule has 4 fully saturated rings. The van der Waals surface area contributed by atoms with Crippen LogP contribution in [0.2, 0.25) is 0 Å². The van der Waals surface area contributed by atoms with Gasteiger partial charge in [0.2, 0.25) is 0 Å². The molecule has 0 spiro atoms. The third-order valence-electron chi connectivity index (χ3n) is 3.08. The zero-order valence-electron chi connectivity index (χ0n) is 8.04. The average molecular weight is 302 g/mol. The lowest BCUT2D eigenvalue weighted by Crippen LogP contribution is -2.62. The van der Waals surface area contributed by atoms with Crippen molar-refractivity contribution in [3.05, 3.63) is 0 Å². The van der Waals surface area contributed by atoms with Crippen LogP contribution < -0.4 is 0 Å². The molecule has 18 heavy (non-hydrogen) atoms. The summed E-state index contributed by atoms with van der Waals surface area (Å²) in [5.74, 6) is -9.26. The smallest absolute Gasteiger partial charge is 0.355 e. The molecule has 4 aliphatic rings. The van der Waals surface area contributed by atoms with Crippen molar-refractivity contribution in [2.75, 3.05) is 0 Å². The molecule has 4 heterocycles. The summed E-state index contributed by atoms with van der Waals surface area (Å²) in [6.07, 6.45) is 0. The Kier molecular flexibility index (Phi) is 1.48. The number of carbonyl (C=O) groups is 1. The van der Waals surface area contributed by atoms with E-state index in [0.29, 0.717) is 0 Å². The number of hydrogen-bond acceptors (Lipinski definition) is 11. The monoisotopic (exact) mass is 302 g/mol. The normalized spacial score (nSPS) is 55.3. The fraction of sp³-hybridized carbons (Fsp3) is 0.800. The van der Waals surface area contributed by atoms with E-state index < -0.39 is 43.6 Å². The molecular formula is C5H4O11P2. The molecule has 0 amide bonds. The largest absolute Gasteiger partial charge is 0.403 e. The van der Waals surface area contributed by atoms with E-state index in [9.17, 15) is 34.4 Å². The molecule has 4 rings (SSSR count). The van der Waals surface area contributed by atoms with Gasteiger partial charge in [0.05, 0.1) is 0 Å². The highest BCUT2D eigenvalue weighted by atomic mass is 31.2. The van der Waals surface area contributed by atoms with Gasteiger partial charge in [0.15, 0.2) is 0 Å². The van der Waals surface area contributed by atoms with Crippen molar-refractivity contribution in [2.45, 2.75) is 22.6 Å². The first-order chi connectivity index (χ1) is 7.98. The number of hydrogen-bond donors (Lipinski definition) is 4. The summed E-state index contributed by atoms with van der Waals surface area (Å²) < 4.78 is 39.4. The standard InChI is InChI=1S/C5H4O11P2/c6-1(2(7,8)4-13-17(4,11)14-4)3(9,10)5-15-18(5,12)16-5/h7-10H. The zero-order valence-corrected chi connectivity index (χ0v) is 9.83. The first kappa shape index (κ1) is 11.6. The number of fused-ring (bicyclic) bond motifs is 2. The summed E-state index contributed by atoms with van der Waals surface area (Å²) in [6.45, 7) is 0. The maximum Gasteiger partial charge on any atom is 0.403 e. The second-order valence-electron chi connectivity index (χ2n) is 4.20. The molecule has 0 saturated carbocycles. The SMILES string of the molecule is O=C(C(O)(O)C12OP1(=O)O2)C(O)(O)C12OP1(=O)O2. The first-order valence-electron chi connectivity index (χ1n) is 4.46. The predicted octanol–water partition coefficient (Wildman–Crippen LogP) is -2.27. The van der Waals surface area contributed by atoms with Crippen molar-refractivity contribution in [1.82, 2.24) is 0 Å². The van der Waals surface area contributed by atoms with E-state index in [2.05, 4.69) is 18.1 Å². The van der Waals surface area contributed by atoms with Gasteiger partial charge in [-0.2, -0.15) is 0 Å². The molecule has 0 aromatic heterocycles. The molecule has 4 N–H and O–H groups in total. The Labute approximate surface area is 96.9 Å². The van der Waals surface area contributed by atoms with Crippen molar-refractivity contribution < 1.29 is 52.4 Å². The average Bonchev–Trinajstić information content (AvgIpc) is 3.04. The number of aliphatic hydroxyl groups is 4. The number of carbonyl (C=O) groups excluding carboxylic acids is 1. The molecule has 11 nitrogen and oxygen atoms in total. The molecule has 4 aliphatic heterocycles. The van der Waals surface area contributed by atoms with Crippen LogP contribution in [0, 0.1) is 0 Å². The second-order valence-corrected chi connectivity index (χ2v) is 8.09. The van der Waals surface area contributed by atoms with E-state index in [0.717, 1.165) is 0 Å². The zero-order chi connectivity index (χ0) is 13.4. The minimum atomic E-state index is -3.73. The lowest BCUT2D eigenvalue weighted by molar-refractivity contribution is -0.287. The van der Waals surface area contributed by atoms with Gasteiger partial charge in [-0.3, -0.25) is 32.0 Å². The van der Waals surface area contributed by atoms with Crippen LogP contribution in [0.1, 0.15) is 0 Å². The van der Waals surface area contributed by atoms with Crippen LogP contribution in [-0.2, 0) is 32.0 Å². The second kappa shape index (κ2) is 2.29. The molecule has 0 aliphatic carbocycles. The molecule has 0 bridgehead atoms. The Morgan fingerprint density at radius 3 is 1.22 bits per heavy atom. The molecule has 0 atom stereocenters. The van der Waals surface area contributed by atoms with Gasteiger partial charge in [-0.05, 0) is 0 Å². The fourth-order valence-corrected chi connectivity index (χ4v) is 5.19. The van der Waals surface area contributed by atoms with E-state index in [4.69, 9.17) is 0 Å². The van der Waals surface area contributed by atoms with Crippen LogP contribution in [0.25, 0.3) is 0 Å². The summed E-state index contributed by atoms with van der Waals surface area (Å²) in [5.41, 5.74) is -4.95. The van der Waals surface area contributed by atoms with E-state index >= 15 is 0 Å². The summed E-state index contributed by atoms with van der Waals surface area (Å²) in [4.78, 5) is 11.6. The minimum absolute atomic E-state index is 2.07. The van der Waals surface area contributed by atoms with E-state index in [1.807, 2.05) is 0 Å². The quantitative estimate of drug-likeness (QED) is 0.249. The van der Waals surface area contributed by atoms with Gasteiger partial charge >= 0.3 is 26.2 Å². The van der Waals surface area contributed by atoms with Gasteiger partial charge in [0.25, 0.3) is 17.4 Å². The summed E-state index contributed by atoms with van der Waals surface area (Å²) in [7, 11) is -7.45. The number of Topliss-reactive ketones (excluding diaryl/α,β-unsaturated/α-hetero) is 1. The first-order valence-corrected chi connectivity index (χ1v) is 7.54. The van der Waals surface area contributed by atoms with Crippen LogP contribution in [0.15, 0.2) is 0 Å². The Bertz CT molecular complexity index is 545. The van der Waals surface area contributed by atoms with Gasteiger partial charge in [-0.25, -0.2) is 0 Å². The maximum absolute atomic E-state index is 11.6. The van der Waals surface area contributed by atoms with E-state index in [1.165, 1.54) is 0 Å². The molecule has 13 heteroatoms. The highest BCUT2D eigenvalue weighted by molar-refractivity contribution is 7.69. The summed E-state index contributed by atoms with van der Waals surface area (Å²) in [6, 6.07) is 0. The van der Waals surface area contributed by atoms with E-state index in [-0.39, 0.29) is 0 Å². The predicted molar refractivity (Wildman–Crippen MR) is 44.4 cm³/mol. The Morgan fingerprint density at radius 1 is 0.833 bits per heavy atom. The molecule has 0 radical (unpaired) electrons. The van der Waals surface area contributed by atoms with Gasteiger partial charge in [-0.15, -0.1) is 0 Å². The topological polar surface area (TPSA) is 182 Å². The summed E-state index contributed by atoms with van der Waals surface area (Å²) >= 11 is 0. The van der Waals surface area contributed by atoms with Crippen LogP contribution in [0.5, 0.6) is 0 Å². The minimum Gasteiger partial charge on any atom is -0.355 e. The third kappa shape index (κ3) is 0.852. The lowest BCUT2D eigenvalue weighted by Gasteiger charge is -2.26. The van der Waals surface area contributed by atoms with Gasteiger partial charge in [-0.1, -0.05) is 0 Å². The number of ketones is 1. The summed E-state index contributed by atoms with van der Waals surface area (Å²) in [5, 5.41) is 37.9. The molecule has 0 aromatic carbocycles. The Hall–Kier alpha value is -0.190. The molecule has 4 saturated heterocycles. The van der Waals surface area contributed by atoms with Crippen molar-refractivity contribution in [3.63, 3.8) is 0 Å². The fourth-order valence-electron chi connectivity index (χ4n) is 1.75. The van der Waals surface area contributed by atoms with Crippen molar-refractivity contribution >= 4 is 21.0 Å². The van der Waals surface area contributed by atoms with Crippen molar-refractivity contribution in [1.29, 1.82) is 0 Å². The highest BCUT2D eigenvalue weighted by Gasteiger charge is 3.05. The van der Waals surface area contributed by atoms with Crippen LogP contribution in [0.4, 0.5) is 0 Å². The van der Waals surface area contributed by atoms with Crippen LogP contribution in [-0.4, -0.2) is 48.8 Å². The van der Waals surface area contributed by atoms with Gasteiger partial charge < -0.3 is 20.4 Å². The molecule has 0 aromatic rings. The Morgan fingerprint density at radius 2 is 1.06 bits per heavy atom. The lowest BCUT2D eigenvalue weighted by atomic mass is 10.0. The van der Waals surface area contributed by atoms with Crippen molar-refractivity contribution in [2.24, 2.45) is 0 Å². The van der Waals surface area contributed by atoms with Crippen LogP contribution in [0.3, 0.4) is 0 Å². The van der Waals surface area contributed by atoms with Crippen LogP contribution >= 0.6 is 15.2 Å². The van der Waals surface area contributed by atoms with Gasteiger partial charge in [0.1, 0.15) is 0 Å². The maximum atomic E-state index is 11.6. The molecule has 0 unspecified atom stereocenters.